The second kappa shape index (κ2) is 22.8. The molecule has 0 spiro atoms. The van der Waals surface area contributed by atoms with Crippen LogP contribution in [0.4, 0.5) is 17.3 Å². The summed E-state index contributed by atoms with van der Waals surface area (Å²) >= 11 is 3.55. The number of piperidine rings is 2. The molecule has 83 heavy (non-hydrogen) atoms. The summed E-state index contributed by atoms with van der Waals surface area (Å²) in [5.74, 6) is 3.95. The Morgan fingerprint density at radius 2 is 1.05 bits per heavy atom. The number of aliphatic hydroxyl groups is 2. The van der Waals surface area contributed by atoms with Crippen molar-refractivity contribution >= 4 is 44.3 Å². The van der Waals surface area contributed by atoms with Gasteiger partial charge in [-0.15, -0.1) is 0 Å². The number of hydrogen-bond acceptors (Lipinski definition) is 18. The average molecular weight is 1180 g/mol. The van der Waals surface area contributed by atoms with Crippen LogP contribution in [0.3, 0.4) is 0 Å². The van der Waals surface area contributed by atoms with Gasteiger partial charge in [0.15, 0.2) is 0 Å². The SMILES string of the molecule is CC(C)(O)C1CNC1.COc1ccc(CN2C3CC2CN(c2ccc(-c4cc(Br)cn5ncc(C#N)c45)cn2)C3)cn1.COc1ccc(CN2C3CC2CN(c2ccc(-c4cc(N5CC(C(C)(C)O)C5)cn5ncc(C#N)c45)cn2)C3)cn1. The van der Waals surface area contributed by atoms with Crippen LogP contribution < -0.4 is 29.5 Å². The number of hydrogen-bond donors (Lipinski definition) is 3. The second-order valence-electron chi connectivity index (χ2n) is 23.8. The zero-order valence-corrected chi connectivity index (χ0v) is 49.2. The van der Waals surface area contributed by atoms with Gasteiger partial charge in [0.1, 0.15) is 23.8 Å². The Labute approximate surface area is 491 Å². The minimum atomic E-state index is -0.707. The molecule has 20 nitrogen and oxygen atoms in total. The third kappa shape index (κ3) is 11.4. The summed E-state index contributed by atoms with van der Waals surface area (Å²) in [6.07, 6.45) is 17.1. The Balaban J connectivity index is 0.000000146. The number of aromatic nitrogens is 8. The van der Waals surface area contributed by atoms with Gasteiger partial charge in [0.2, 0.25) is 11.8 Å². The summed E-state index contributed by atoms with van der Waals surface area (Å²) in [6.45, 7) is 16.6. The van der Waals surface area contributed by atoms with Gasteiger partial charge in [0.25, 0.3) is 0 Å². The minimum Gasteiger partial charge on any atom is -0.481 e. The van der Waals surface area contributed by atoms with Gasteiger partial charge >= 0.3 is 0 Å². The van der Waals surface area contributed by atoms with Crippen LogP contribution in [-0.4, -0.2) is 161 Å². The highest BCUT2D eigenvalue weighted by Gasteiger charge is 2.46. The highest BCUT2D eigenvalue weighted by molar-refractivity contribution is 9.10. The van der Waals surface area contributed by atoms with Crippen LogP contribution in [0.5, 0.6) is 11.8 Å². The van der Waals surface area contributed by atoms with Crippen LogP contribution >= 0.6 is 15.9 Å². The lowest BCUT2D eigenvalue weighted by atomic mass is 9.84. The number of nitrogens with zero attached hydrogens (tertiary/aromatic N) is 15. The fraction of sp³-hybridized carbons (Fsp3) is 0.419. The van der Waals surface area contributed by atoms with E-state index in [4.69, 9.17) is 19.4 Å². The van der Waals surface area contributed by atoms with Crippen molar-refractivity contribution in [2.75, 3.05) is 81.3 Å². The Morgan fingerprint density at radius 3 is 1.42 bits per heavy atom. The molecule has 8 aliphatic rings. The molecule has 8 aliphatic heterocycles. The summed E-state index contributed by atoms with van der Waals surface area (Å²) in [7, 11) is 3.27. The van der Waals surface area contributed by atoms with Gasteiger partial charge in [-0.1, -0.05) is 12.1 Å². The molecule has 0 saturated carbocycles. The molecule has 0 aromatic carbocycles. The van der Waals surface area contributed by atoms with Gasteiger partial charge in [-0.2, -0.15) is 20.7 Å². The predicted molar refractivity (Wildman–Crippen MR) is 320 cm³/mol. The van der Waals surface area contributed by atoms with E-state index in [1.54, 1.807) is 35.6 Å². The molecule has 16 heterocycles. The highest BCUT2D eigenvalue weighted by Crippen LogP contribution is 2.40. The first-order valence-electron chi connectivity index (χ1n) is 28.3. The Morgan fingerprint density at radius 1 is 0.578 bits per heavy atom. The fourth-order valence-electron chi connectivity index (χ4n) is 12.3. The van der Waals surface area contributed by atoms with Gasteiger partial charge in [-0.05, 0) is 104 Å². The smallest absolute Gasteiger partial charge is 0.212 e. The number of anilines is 3. The van der Waals surface area contributed by atoms with Crippen molar-refractivity contribution in [3.05, 3.63) is 137 Å². The number of nitrogens with one attached hydrogen (secondary N) is 1. The van der Waals surface area contributed by atoms with Crippen LogP contribution in [0.1, 0.15) is 62.8 Å². The van der Waals surface area contributed by atoms with Crippen molar-refractivity contribution in [1.29, 1.82) is 10.5 Å². The number of methoxy groups -OCH3 is 2. The third-order valence-corrected chi connectivity index (χ3v) is 18.1. The van der Waals surface area contributed by atoms with Crippen molar-refractivity contribution in [3.8, 4) is 46.2 Å². The molecule has 8 fully saturated rings. The average Bonchev–Trinajstić information content (AvgIpc) is 4.20. The number of nitriles is 2. The van der Waals surface area contributed by atoms with E-state index in [1.165, 1.54) is 24.0 Å². The maximum absolute atomic E-state index is 10.4. The Bertz CT molecular complexity index is 3670. The largest absolute Gasteiger partial charge is 0.481 e. The maximum Gasteiger partial charge on any atom is 0.212 e. The van der Waals surface area contributed by atoms with E-state index < -0.39 is 11.2 Å². The number of piperazine rings is 2. The van der Waals surface area contributed by atoms with Crippen LogP contribution in [0.15, 0.2) is 115 Å². The van der Waals surface area contributed by atoms with E-state index in [2.05, 4.69) is 121 Å². The molecular weight excluding hydrogens is 1110 g/mol. The molecule has 4 atom stereocenters. The van der Waals surface area contributed by atoms with Crippen molar-refractivity contribution < 1.29 is 19.7 Å². The molecule has 428 valence electrons. The standard InChI is InChI=1S/C31H34N8O2.C25H22BrN7O.C6H13NO/c1-31(2,40)23-15-36(16-23)24-9-27(30-22(10-32)13-35-39(30)19-24)21-5-6-28(33-12-21)37-17-25-8-26(18-37)38(25)14-20-4-7-29(41-3)34-11-20;1-34-24-5-2-16(9-29-24)12-32-20-7-21(32)15-31(14-20)23-4-3-17(10-28-23)22-6-19(26)13-33-25(22)18(8-27)11-30-33;1-6(2,8)5-3-7-4-5/h4-7,9,11-13,19,23,25-26,40H,8,14-18H2,1-3H3;2-6,9-11,13,20-21H,7,12,14-15H2,1H3;5,7-8H,3-4H2,1-2H3. The maximum atomic E-state index is 10.4. The molecule has 0 amide bonds. The monoisotopic (exact) mass is 1180 g/mol. The van der Waals surface area contributed by atoms with E-state index in [0.29, 0.717) is 53.0 Å². The number of pyridine rings is 6. The topological polar surface area (TPSA) is 221 Å². The zero-order valence-electron chi connectivity index (χ0n) is 47.6. The number of ether oxygens (including phenoxy) is 2. The van der Waals surface area contributed by atoms with Gasteiger partial charge < -0.3 is 39.7 Å². The number of halogens is 1. The van der Waals surface area contributed by atoms with Crippen molar-refractivity contribution in [3.63, 3.8) is 0 Å². The molecule has 21 heteroatoms. The molecular formula is C62H69BrN16O4. The van der Waals surface area contributed by atoms with Crippen LogP contribution in [0, 0.1) is 34.5 Å². The van der Waals surface area contributed by atoms with E-state index in [9.17, 15) is 20.7 Å². The lowest BCUT2D eigenvalue weighted by Gasteiger charge is -2.56. The molecule has 8 aromatic rings. The van der Waals surface area contributed by atoms with E-state index in [0.717, 1.165) is 121 Å². The first-order chi connectivity index (χ1) is 40.0. The van der Waals surface area contributed by atoms with Gasteiger partial charge in [-0.25, -0.2) is 29.0 Å². The zero-order chi connectivity index (χ0) is 57.7. The number of fused-ring (bicyclic) bond motifs is 6. The van der Waals surface area contributed by atoms with Crippen molar-refractivity contribution in [1.82, 2.24) is 54.3 Å². The molecule has 0 aliphatic carbocycles. The van der Waals surface area contributed by atoms with Gasteiger partial charge in [0.05, 0.1) is 71.9 Å². The first-order valence-corrected chi connectivity index (χ1v) is 29.1. The van der Waals surface area contributed by atoms with Crippen molar-refractivity contribution in [2.45, 2.75) is 89.0 Å². The van der Waals surface area contributed by atoms with Crippen LogP contribution in [0.25, 0.3) is 33.3 Å². The highest BCUT2D eigenvalue weighted by atomic mass is 79.9. The summed E-state index contributed by atoms with van der Waals surface area (Å²) < 4.78 is 14.8. The first kappa shape index (κ1) is 55.8. The van der Waals surface area contributed by atoms with Crippen molar-refractivity contribution in [2.24, 2.45) is 11.8 Å². The summed E-state index contributed by atoms with van der Waals surface area (Å²) in [5.41, 5.74) is 8.71. The summed E-state index contributed by atoms with van der Waals surface area (Å²) in [5, 5.41) is 50.8. The molecule has 8 saturated heterocycles. The van der Waals surface area contributed by atoms with E-state index in [1.807, 2.05) is 83.1 Å². The second-order valence-corrected chi connectivity index (χ2v) is 24.8. The molecule has 16 rings (SSSR count). The molecule has 3 N–H and O–H groups in total. The summed E-state index contributed by atoms with van der Waals surface area (Å²) in [6, 6.07) is 27.1. The van der Waals surface area contributed by atoms with Gasteiger partial charge in [-0.3, -0.25) is 9.80 Å². The quantitative estimate of drug-likeness (QED) is 0.104. The van der Waals surface area contributed by atoms with E-state index >= 15 is 0 Å². The van der Waals surface area contributed by atoms with E-state index in [-0.39, 0.29) is 5.92 Å². The normalized spacial score (nSPS) is 20.6. The third-order valence-electron chi connectivity index (χ3n) is 17.6. The van der Waals surface area contributed by atoms with Crippen LogP contribution in [-0.2, 0) is 13.1 Å². The molecule has 4 bridgehead atoms. The van der Waals surface area contributed by atoms with Gasteiger partial charge in [0, 0.05) is 171 Å². The number of rotatable bonds is 13. The Kier molecular flexibility index (Phi) is 15.3. The lowest BCUT2D eigenvalue weighted by Crippen LogP contribution is -2.68. The molecule has 4 unspecified atom stereocenters. The molecule has 8 aromatic heterocycles. The van der Waals surface area contributed by atoms with Crippen LogP contribution in [0.2, 0.25) is 0 Å². The Hall–Kier alpha value is -7.76. The fourth-order valence-corrected chi connectivity index (χ4v) is 12.7. The summed E-state index contributed by atoms with van der Waals surface area (Å²) in [4.78, 5) is 30.5. The predicted octanol–water partition coefficient (Wildman–Crippen LogP) is 7.22. The minimum absolute atomic E-state index is 0.217. The molecule has 0 radical (unpaired) electrons. The lowest BCUT2D eigenvalue weighted by molar-refractivity contribution is -0.00879.